The highest BCUT2D eigenvalue weighted by molar-refractivity contribution is 6.30. The Kier molecular flexibility index (Phi) is 6.52. The quantitative estimate of drug-likeness (QED) is 0.611. The number of hydrogen-bond acceptors (Lipinski definition) is 4. The van der Waals surface area contributed by atoms with Crippen LogP contribution < -0.4 is 5.73 Å². The van der Waals surface area contributed by atoms with E-state index >= 15 is 0 Å². The summed E-state index contributed by atoms with van der Waals surface area (Å²) in [5.74, 6) is 0.943. The van der Waals surface area contributed by atoms with Gasteiger partial charge in [-0.15, -0.1) is 0 Å². The number of carbonyl (C=O) groups is 1. The molecule has 0 saturated carbocycles. The van der Waals surface area contributed by atoms with Gasteiger partial charge in [-0.25, -0.2) is 4.98 Å². The van der Waals surface area contributed by atoms with Crippen LogP contribution in [0.25, 0.3) is 11.1 Å². The minimum atomic E-state index is 0.195. The number of aryl methyl sites for hydroxylation is 2. The highest BCUT2D eigenvalue weighted by atomic mass is 35.5. The molecule has 2 aromatic heterocycles. The molecule has 3 aromatic rings. The van der Waals surface area contributed by atoms with Gasteiger partial charge in [0.15, 0.2) is 0 Å². The molecule has 0 unspecified atom stereocenters. The molecule has 5 nitrogen and oxygen atoms in total. The molecule has 31 heavy (non-hydrogen) atoms. The Hall–Kier alpha value is -2.92. The lowest BCUT2D eigenvalue weighted by Crippen LogP contribution is -2.39. The number of nitrogens with zero attached hydrogens (tertiary/aromatic N) is 3. The Bertz CT molecular complexity index is 1070. The Morgan fingerprint density at radius 3 is 2.84 bits per heavy atom. The van der Waals surface area contributed by atoms with Crippen LogP contribution in [0, 0.1) is 6.92 Å². The Morgan fingerprint density at radius 1 is 1.19 bits per heavy atom. The largest absolute Gasteiger partial charge is 0.384 e. The van der Waals surface area contributed by atoms with Crippen molar-refractivity contribution >= 4 is 23.3 Å². The van der Waals surface area contributed by atoms with E-state index in [0.29, 0.717) is 30.2 Å². The minimum absolute atomic E-state index is 0.195. The van der Waals surface area contributed by atoms with Crippen LogP contribution in [0.3, 0.4) is 0 Å². The van der Waals surface area contributed by atoms with E-state index < -0.39 is 0 Å². The van der Waals surface area contributed by atoms with Crippen LogP contribution in [-0.4, -0.2) is 33.9 Å². The summed E-state index contributed by atoms with van der Waals surface area (Å²) < 4.78 is 0. The molecule has 1 amide bonds. The predicted molar refractivity (Wildman–Crippen MR) is 125 cm³/mol. The lowest BCUT2D eigenvalue weighted by atomic mass is 9.92. The van der Waals surface area contributed by atoms with Crippen LogP contribution in [0.2, 0.25) is 5.02 Å². The molecule has 1 aliphatic rings. The number of aromatic nitrogens is 2. The number of nitrogens with two attached hydrogens (primary N) is 1. The van der Waals surface area contributed by atoms with E-state index in [2.05, 4.69) is 17.1 Å². The van der Waals surface area contributed by atoms with Crippen LogP contribution in [0.15, 0.2) is 54.7 Å². The lowest BCUT2D eigenvalue weighted by molar-refractivity contribution is -0.132. The Balaban J connectivity index is 1.45. The van der Waals surface area contributed by atoms with Gasteiger partial charge in [0.05, 0.1) is 0 Å². The van der Waals surface area contributed by atoms with Gasteiger partial charge in [0.1, 0.15) is 5.82 Å². The third-order valence-electron chi connectivity index (χ3n) is 5.80. The number of anilines is 1. The van der Waals surface area contributed by atoms with E-state index in [1.807, 2.05) is 48.2 Å². The molecule has 0 spiro atoms. The molecule has 3 heterocycles. The number of rotatable bonds is 5. The van der Waals surface area contributed by atoms with Crippen molar-refractivity contribution < 1.29 is 4.79 Å². The van der Waals surface area contributed by atoms with Crippen molar-refractivity contribution in [1.82, 2.24) is 14.9 Å². The number of amides is 1. The van der Waals surface area contributed by atoms with E-state index in [4.69, 9.17) is 22.3 Å². The molecule has 1 atom stereocenters. The Labute approximate surface area is 188 Å². The molecular weight excluding hydrogens is 408 g/mol. The molecule has 2 N–H and O–H groups in total. The molecule has 0 radical (unpaired) electrons. The smallest absolute Gasteiger partial charge is 0.222 e. The standard InChI is InChI=1S/C25H27ClN4O/c1-17-12-21(19-8-9-24(27)28-15-19)14-23(29-17)20-5-3-11-30(16-20)25(31)10-7-18-4-2-6-22(26)13-18/h2,4,6,8-9,12-15,20H,3,5,7,10-11,16H2,1H3,(H2,27,28)/t20-/m0/s1. The summed E-state index contributed by atoms with van der Waals surface area (Å²) in [6.45, 7) is 3.53. The summed E-state index contributed by atoms with van der Waals surface area (Å²) in [4.78, 5) is 23.9. The van der Waals surface area contributed by atoms with Crippen molar-refractivity contribution in [2.45, 2.75) is 38.5 Å². The van der Waals surface area contributed by atoms with Crippen molar-refractivity contribution in [2.75, 3.05) is 18.8 Å². The van der Waals surface area contributed by atoms with E-state index in [-0.39, 0.29) is 11.8 Å². The summed E-state index contributed by atoms with van der Waals surface area (Å²) in [6, 6.07) is 15.7. The second-order valence-electron chi connectivity index (χ2n) is 8.20. The summed E-state index contributed by atoms with van der Waals surface area (Å²) >= 11 is 6.06. The first-order valence-corrected chi connectivity index (χ1v) is 11.1. The van der Waals surface area contributed by atoms with Gasteiger partial charge in [0.2, 0.25) is 5.91 Å². The molecular formula is C25H27ClN4O. The molecule has 160 valence electrons. The molecule has 1 saturated heterocycles. The fourth-order valence-electron chi connectivity index (χ4n) is 4.19. The van der Waals surface area contributed by atoms with Gasteiger partial charge in [-0.05, 0) is 73.7 Å². The third-order valence-corrected chi connectivity index (χ3v) is 6.04. The fraction of sp³-hybridized carbons (Fsp3) is 0.320. The van der Waals surface area contributed by atoms with Crippen molar-refractivity contribution in [3.63, 3.8) is 0 Å². The number of nitrogen functional groups attached to an aromatic ring is 1. The molecule has 0 aliphatic carbocycles. The molecule has 6 heteroatoms. The van der Waals surface area contributed by atoms with Gasteiger partial charge < -0.3 is 10.6 Å². The minimum Gasteiger partial charge on any atom is -0.384 e. The van der Waals surface area contributed by atoms with Crippen LogP contribution >= 0.6 is 11.6 Å². The number of halogens is 1. The Morgan fingerprint density at radius 2 is 2.06 bits per heavy atom. The summed E-state index contributed by atoms with van der Waals surface area (Å²) in [5.41, 5.74) is 10.9. The fourth-order valence-corrected chi connectivity index (χ4v) is 4.41. The SMILES string of the molecule is Cc1cc(-c2ccc(N)nc2)cc([C@H]2CCCN(C(=O)CCc3cccc(Cl)c3)C2)n1. The highest BCUT2D eigenvalue weighted by Crippen LogP contribution is 2.30. The third kappa shape index (κ3) is 5.42. The normalized spacial score (nSPS) is 16.3. The van der Waals surface area contributed by atoms with Crippen LogP contribution in [0.4, 0.5) is 5.82 Å². The van der Waals surface area contributed by atoms with Crippen LogP contribution in [-0.2, 0) is 11.2 Å². The average molecular weight is 435 g/mol. The van der Waals surface area contributed by atoms with Crippen molar-refractivity contribution in [2.24, 2.45) is 0 Å². The number of carbonyl (C=O) groups excluding carboxylic acids is 1. The zero-order valence-corrected chi connectivity index (χ0v) is 18.5. The first-order chi connectivity index (χ1) is 15.0. The summed E-state index contributed by atoms with van der Waals surface area (Å²) in [5, 5.41) is 0.709. The molecule has 1 aromatic carbocycles. The van der Waals surface area contributed by atoms with Crippen molar-refractivity contribution in [3.8, 4) is 11.1 Å². The number of pyridine rings is 2. The van der Waals surface area contributed by atoms with E-state index in [1.54, 1.807) is 6.20 Å². The van der Waals surface area contributed by atoms with Crippen molar-refractivity contribution in [3.05, 3.63) is 76.7 Å². The zero-order valence-electron chi connectivity index (χ0n) is 17.7. The van der Waals surface area contributed by atoms with Gasteiger partial charge in [-0.3, -0.25) is 9.78 Å². The summed E-state index contributed by atoms with van der Waals surface area (Å²) in [7, 11) is 0. The van der Waals surface area contributed by atoms with Gasteiger partial charge in [-0.2, -0.15) is 0 Å². The lowest BCUT2D eigenvalue weighted by Gasteiger charge is -2.33. The van der Waals surface area contributed by atoms with Gasteiger partial charge >= 0.3 is 0 Å². The number of likely N-dealkylation sites (tertiary alicyclic amines) is 1. The monoisotopic (exact) mass is 434 g/mol. The van der Waals surface area contributed by atoms with E-state index in [1.165, 1.54) is 0 Å². The van der Waals surface area contributed by atoms with E-state index in [0.717, 1.165) is 47.5 Å². The van der Waals surface area contributed by atoms with E-state index in [9.17, 15) is 4.79 Å². The van der Waals surface area contributed by atoms with Crippen LogP contribution in [0.1, 0.15) is 42.1 Å². The topological polar surface area (TPSA) is 72.1 Å². The van der Waals surface area contributed by atoms with Crippen molar-refractivity contribution in [1.29, 1.82) is 0 Å². The zero-order chi connectivity index (χ0) is 21.8. The first-order valence-electron chi connectivity index (χ1n) is 10.7. The second-order valence-corrected chi connectivity index (χ2v) is 8.64. The maximum atomic E-state index is 12.9. The maximum Gasteiger partial charge on any atom is 0.222 e. The summed E-state index contributed by atoms with van der Waals surface area (Å²) in [6.07, 6.45) is 5.02. The number of benzene rings is 1. The van der Waals surface area contributed by atoms with Gasteiger partial charge in [0.25, 0.3) is 0 Å². The highest BCUT2D eigenvalue weighted by Gasteiger charge is 2.26. The van der Waals surface area contributed by atoms with Gasteiger partial charge in [-0.1, -0.05) is 23.7 Å². The molecule has 1 aliphatic heterocycles. The molecule has 1 fully saturated rings. The molecule has 4 rings (SSSR count). The maximum absolute atomic E-state index is 12.9. The number of piperidine rings is 1. The average Bonchev–Trinajstić information content (AvgIpc) is 2.78. The second kappa shape index (κ2) is 9.48. The van der Waals surface area contributed by atoms with Gasteiger partial charge in [0, 0.05) is 53.6 Å². The molecule has 0 bridgehead atoms. The first kappa shape index (κ1) is 21.3. The number of hydrogen-bond donors (Lipinski definition) is 1. The predicted octanol–water partition coefficient (Wildman–Crippen LogP) is 5.03. The van der Waals surface area contributed by atoms with Crippen LogP contribution in [0.5, 0.6) is 0 Å².